The molecule has 1 saturated heterocycles. The van der Waals surface area contributed by atoms with E-state index in [4.69, 9.17) is 9.84 Å². The fraction of sp³-hybridized carbons (Fsp3) is 0.500. The SMILES string of the molecule is CC1(C)COCCN1Cc1cc(C(=O)O)ccc1F. The molecular formula is C14H18FNO3. The number of rotatable bonds is 3. The number of carboxylic acid groups (broad SMARTS) is 1. The first-order chi connectivity index (χ1) is 8.90. The van der Waals surface area contributed by atoms with Crippen molar-refractivity contribution >= 4 is 5.97 Å². The number of carboxylic acids is 1. The molecule has 0 aromatic heterocycles. The molecule has 1 fully saturated rings. The molecule has 1 aliphatic rings. The number of hydrogen-bond acceptors (Lipinski definition) is 3. The molecule has 1 heterocycles. The number of aromatic carboxylic acids is 1. The Bertz CT molecular complexity index is 488. The van der Waals surface area contributed by atoms with Crippen molar-refractivity contribution in [3.63, 3.8) is 0 Å². The third kappa shape index (κ3) is 3.11. The molecule has 0 spiro atoms. The lowest BCUT2D eigenvalue weighted by molar-refractivity contribution is -0.0556. The second kappa shape index (κ2) is 5.27. The van der Waals surface area contributed by atoms with Crippen LogP contribution >= 0.6 is 0 Å². The highest BCUT2D eigenvalue weighted by atomic mass is 19.1. The fourth-order valence-corrected chi connectivity index (χ4v) is 2.22. The van der Waals surface area contributed by atoms with E-state index in [0.29, 0.717) is 31.9 Å². The lowest BCUT2D eigenvalue weighted by Crippen LogP contribution is -2.52. The van der Waals surface area contributed by atoms with Gasteiger partial charge in [-0.05, 0) is 32.0 Å². The van der Waals surface area contributed by atoms with Gasteiger partial charge in [-0.2, -0.15) is 0 Å². The molecule has 1 aromatic rings. The summed E-state index contributed by atoms with van der Waals surface area (Å²) in [5, 5.41) is 8.95. The van der Waals surface area contributed by atoms with E-state index in [1.807, 2.05) is 13.8 Å². The van der Waals surface area contributed by atoms with E-state index in [2.05, 4.69) is 4.90 Å². The number of carbonyl (C=O) groups is 1. The lowest BCUT2D eigenvalue weighted by Gasteiger charge is -2.42. The predicted octanol–water partition coefficient (Wildman–Crippen LogP) is 2.13. The molecular weight excluding hydrogens is 249 g/mol. The number of ether oxygens (including phenoxy) is 1. The normalized spacial score (nSPS) is 19.3. The molecule has 0 radical (unpaired) electrons. The van der Waals surface area contributed by atoms with E-state index in [1.165, 1.54) is 18.2 Å². The molecule has 1 aliphatic heterocycles. The molecule has 0 bridgehead atoms. The van der Waals surface area contributed by atoms with E-state index in [9.17, 15) is 9.18 Å². The van der Waals surface area contributed by atoms with Crippen molar-refractivity contribution in [1.82, 2.24) is 4.90 Å². The Kier molecular flexibility index (Phi) is 3.87. The molecule has 104 valence electrons. The van der Waals surface area contributed by atoms with Gasteiger partial charge in [-0.15, -0.1) is 0 Å². The van der Waals surface area contributed by atoms with Crippen LogP contribution in [0.2, 0.25) is 0 Å². The summed E-state index contributed by atoms with van der Waals surface area (Å²) >= 11 is 0. The maximum Gasteiger partial charge on any atom is 0.335 e. The van der Waals surface area contributed by atoms with Crippen molar-refractivity contribution in [1.29, 1.82) is 0 Å². The van der Waals surface area contributed by atoms with Crippen LogP contribution in [-0.4, -0.2) is 41.3 Å². The maximum absolute atomic E-state index is 13.8. The van der Waals surface area contributed by atoms with E-state index in [0.717, 1.165) is 0 Å². The van der Waals surface area contributed by atoms with Crippen LogP contribution in [0.15, 0.2) is 18.2 Å². The average molecular weight is 267 g/mol. The van der Waals surface area contributed by atoms with Gasteiger partial charge in [0.25, 0.3) is 0 Å². The van der Waals surface area contributed by atoms with Gasteiger partial charge in [-0.25, -0.2) is 9.18 Å². The van der Waals surface area contributed by atoms with Crippen molar-refractivity contribution in [3.05, 3.63) is 35.1 Å². The predicted molar refractivity (Wildman–Crippen MR) is 68.7 cm³/mol. The Morgan fingerprint density at radius 2 is 2.26 bits per heavy atom. The van der Waals surface area contributed by atoms with Crippen LogP contribution in [0.25, 0.3) is 0 Å². The van der Waals surface area contributed by atoms with Crippen molar-refractivity contribution < 1.29 is 19.0 Å². The van der Waals surface area contributed by atoms with Crippen molar-refractivity contribution in [3.8, 4) is 0 Å². The van der Waals surface area contributed by atoms with E-state index in [1.54, 1.807) is 0 Å². The highest BCUT2D eigenvalue weighted by molar-refractivity contribution is 5.87. The molecule has 1 N–H and O–H groups in total. The zero-order valence-electron chi connectivity index (χ0n) is 11.1. The quantitative estimate of drug-likeness (QED) is 0.911. The number of halogens is 1. The minimum absolute atomic E-state index is 0.113. The first-order valence-corrected chi connectivity index (χ1v) is 6.25. The molecule has 0 amide bonds. The molecule has 4 nitrogen and oxygen atoms in total. The lowest BCUT2D eigenvalue weighted by atomic mass is 10.0. The Balaban J connectivity index is 2.22. The molecule has 0 unspecified atom stereocenters. The van der Waals surface area contributed by atoms with Gasteiger partial charge < -0.3 is 9.84 Å². The second-order valence-corrected chi connectivity index (χ2v) is 5.40. The summed E-state index contributed by atoms with van der Waals surface area (Å²) < 4.78 is 19.2. The highest BCUT2D eigenvalue weighted by Crippen LogP contribution is 2.23. The van der Waals surface area contributed by atoms with Gasteiger partial charge in [-0.3, -0.25) is 4.90 Å². The molecule has 0 saturated carbocycles. The summed E-state index contributed by atoms with van der Waals surface area (Å²) in [7, 11) is 0. The topological polar surface area (TPSA) is 49.8 Å². The van der Waals surface area contributed by atoms with Crippen LogP contribution in [-0.2, 0) is 11.3 Å². The minimum atomic E-state index is -1.04. The van der Waals surface area contributed by atoms with Gasteiger partial charge in [-0.1, -0.05) is 0 Å². The zero-order chi connectivity index (χ0) is 14.0. The van der Waals surface area contributed by atoms with Gasteiger partial charge in [0.2, 0.25) is 0 Å². The van der Waals surface area contributed by atoms with Crippen LogP contribution in [0.1, 0.15) is 29.8 Å². The smallest absolute Gasteiger partial charge is 0.335 e. The van der Waals surface area contributed by atoms with Crippen molar-refractivity contribution in [2.24, 2.45) is 0 Å². The highest BCUT2D eigenvalue weighted by Gasteiger charge is 2.30. The largest absolute Gasteiger partial charge is 0.478 e. The van der Waals surface area contributed by atoms with Gasteiger partial charge >= 0.3 is 5.97 Å². The van der Waals surface area contributed by atoms with Gasteiger partial charge in [0.05, 0.1) is 18.8 Å². The average Bonchev–Trinajstić information content (AvgIpc) is 2.34. The Morgan fingerprint density at radius 1 is 1.53 bits per heavy atom. The third-order valence-corrected chi connectivity index (χ3v) is 3.47. The Labute approximate surface area is 111 Å². The zero-order valence-corrected chi connectivity index (χ0v) is 11.1. The number of benzene rings is 1. The minimum Gasteiger partial charge on any atom is -0.478 e. The molecule has 1 aromatic carbocycles. The summed E-state index contributed by atoms with van der Waals surface area (Å²) in [6, 6.07) is 3.90. The van der Waals surface area contributed by atoms with Crippen LogP contribution in [0.3, 0.4) is 0 Å². The Hall–Kier alpha value is -1.46. The van der Waals surface area contributed by atoms with Crippen LogP contribution in [0.5, 0.6) is 0 Å². The first-order valence-electron chi connectivity index (χ1n) is 6.25. The number of nitrogens with zero attached hydrogens (tertiary/aromatic N) is 1. The summed E-state index contributed by atoms with van der Waals surface area (Å²) in [5.41, 5.74) is 0.349. The van der Waals surface area contributed by atoms with E-state index < -0.39 is 5.97 Å². The molecule has 19 heavy (non-hydrogen) atoms. The third-order valence-electron chi connectivity index (χ3n) is 3.47. The number of morpholine rings is 1. The van der Waals surface area contributed by atoms with Crippen LogP contribution in [0, 0.1) is 5.82 Å². The van der Waals surface area contributed by atoms with E-state index in [-0.39, 0.29) is 16.9 Å². The summed E-state index contributed by atoms with van der Waals surface area (Å²) in [6.45, 7) is 6.38. The molecule has 2 rings (SSSR count). The number of hydrogen-bond donors (Lipinski definition) is 1. The second-order valence-electron chi connectivity index (χ2n) is 5.40. The van der Waals surface area contributed by atoms with Crippen molar-refractivity contribution in [2.45, 2.75) is 25.9 Å². The summed E-state index contributed by atoms with van der Waals surface area (Å²) in [6.07, 6.45) is 0. The first kappa shape index (κ1) is 14.0. The van der Waals surface area contributed by atoms with Crippen LogP contribution in [0.4, 0.5) is 4.39 Å². The maximum atomic E-state index is 13.8. The standard InChI is InChI=1S/C14H18FNO3/c1-14(2)9-19-6-5-16(14)8-11-7-10(13(17)18)3-4-12(11)15/h3-4,7H,5-6,8-9H2,1-2H3,(H,17,18). The molecule has 0 atom stereocenters. The van der Waals surface area contributed by atoms with E-state index >= 15 is 0 Å². The van der Waals surface area contributed by atoms with Crippen LogP contribution < -0.4 is 0 Å². The monoisotopic (exact) mass is 267 g/mol. The molecule has 5 heteroatoms. The summed E-state index contributed by atoms with van der Waals surface area (Å²) in [5.74, 6) is -1.41. The fourth-order valence-electron chi connectivity index (χ4n) is 2.22. The van der Waals surface area contributed by atoms with Gasteiger partial charge in [0, 0.05) is 24.2 Å². The van der Waals surface area contributed by atoms with Gasteiger partial charge in [0.1, 0.15) is 5.82 Å². The molecule has 0 aliphatic carbocycles. The summed E-state index contributed by atoms with van der Waals surface area (Å²) in [4.78, 5) is 13.0. The Morgan fingerprint density at radius 3 is 2.89 bits per heavy atom. The van der Waals surface area contributed by atoms with Gasteiger partial charge in [0.15, 0.2) is 0 Å². The van der Waals surface area contributed by atoms with Crippen molar-refractivity contribution in [2.75, 3.05) is 19.8 Å².